The third-order valence-corrected chi connectivity index (χ3v) is 7.03. The predicted molar refractivity (Wildman–Crippen MR) is 150 cm³/mol. The number of hydrogen-bond donors (Lipinski definition) is 2. The molecule has 4 aromatic rings. The number of imidazole rings is 1. The van der Waals surface area contributed by atoms with Crippen LogP contribution in [-0.2, 0) is 9.59 Å². The zero-order valence-electron chi connectivity index (χ0n) is 22.4. The number of amides is 1. The van der Waals surface area contributed by atoms with Gasteiger partial charge in [0.05, 0.1) is 61.7 Å². The number of methoxy groups -OCH3 is 4. The van der Waals surface area contributed by atoms with E-state index in [1.807, 2.05) is 25.1 Å². The van der Waals surface area contributed by atoms with Gasteiger partial charge in [0.15, 0.2) is 11.5 Å². The first-order valence-electron chi connectivity index (χ1n) is 12.1. The standard InChI is InChI=1S/C29H26ClN3O7/c1-14-7-6-8-15(9-14)25-24(26(34)16-10-21(38-3)17(30)11-20(16)37-2)27(35)28(36)33(25)29-31-18-12-22(39-4)23(40-5)13-19(18)32-29/h6-13,25,34H,1-5H3,(H,31,32)/b26-24+. The fourth-order valence-electron chi connectivity index (χ4n) is 4.83. The van der Waals surface area contributed by atoms with Crippen molar-refractivity contribution in [2.75, 3.05) is 33.3 Å². The summed E-state index contributed by atoms with van der Waals surface area (Å²) in [4.78, 5) is 36.2. The van der Waals surface area contributed by atoms with Crippen LogP contribution in [-0.4, -0.2) is 55.2 Å². The Bertz CT molecular complexity index is 1650. The molecule has 1 aromatic heterocycles. The normalized spacial score (nSPS) is 16.4. The number of aromatic amines is 1. The van der Waals surface area contributed by atoms with Gasteiger partial charge < -0.3 is 29.0 Å². The molecule has 1 fully saturated rings. The monoisotopic (exact) mass is 563 g/mol. The van der Waals surface area contributed by atoms with E-state index in [0.29, 0.717) is 28.1 Å². The van der Waals surface area contributed by atoms with Gasteiger partial charge in [-0.15, -0.1) is 0 Å². The van der Waals surface area contributed by atoms with Gasteiger partial charge in [-0.1, -0.05) is 41.4 Å². The third kappa shape index (κ3) is 4.36. The molecule has 0 bridgehead atoms. The number of rotatable bonds is 7. The van der Waals surface area contributed by atoms with Crippen LogP contribution in [0.25, 0.3) is 16.8 Å². The minimum Gasteiger partial charge on any atom is -0.507 e. The molecule has 1 saturated heterocycles. The Morgan fingerprint density at radius 3 is 2.25 bits per heavy atom. The Morgan fingerprint density at radius 1 is 0.925 bits per heavy atom. The number of aliphatic hydroxyl groups is 1. The molecule has 0 aliphatic carbocycles. The van der Waals surface area contributed by atoms with Crippen molar-refractivity contribution < 1.29 is 33.6 Å². The van der Waals surface area contributed by atoms with Crippen molar-refractivity contribution in [3.05, 3.63) is 75.8 Å². The van der Waals surface area contributed by atoms with Crippen LogP contribution in [0.5, 0.6) is 23.0 Å². The molecule has 3 aromatic carbocycles. The summed E-state index contributed by atoms with van der Waals surface area (Å²) < 4.78 is 21.5. The van der Waals surface area contributed by atoms with Crippen molar-refractivity contribution in [3.8, 4) is 23.0 Å². The second kappa shape index (κ2) is 10.5. The van der Waals surface area contributed by atoms with Crippen LogP contribution in [0.4, 0.5) is 5.95 Å². The molecule has 40 heavy (non-hydrogen) atoms. The van der Waals surface area contributed by atoms with E-state index in [4.69, 9.17) is 30.5 Å². The number of fused-ring (bicyclic) bond motifs is 1. The van der Waals surface area contributed by atoms with E-state index in [9.17, 15) is 14.7 Å². The Labute approximate surface area is 234 Å². The second-order valence-corrected chi connectivity index (χ2v) is 9.46. The Balaban J connectivity index is 1.76. The molecule has 2 heterocycles. The molecule has 0 spiro atoms. The first kappa shape index (κ1) is 26.9. The number of nitrogens with zero attached hydrogens (tertiary/aromatic N) is 2. The summed E-state index contributed by atoms with van der Waals surface area (Å²) in [5.74, 6) is -0.731. The Hall–Kier alpha value is -4.70. The Kier molecular flexibility index (Phi) is 7.03. The molecule has 10 nitrogen and oxygen atoms in total. The molecule has 1 aliphatic rings. The van der Waals surface area contributed by atoms with Crippen molar-refractivity contribution in [1.82, 2.24) is 9.97 Å². The molecule has 2 N–H and O–H groups in total. The maximum absolute atomic E-state index is 13.6. The lowest BCUT2D eigenvalue weighted by molar-refractivity contribution is -0.132. The lowest BCUT2D eigenvalue weighted by atomic mass is 9.94. The minimum atomic E-state index is -1.02. The quantitative estimate of drug-likeness (QED) is 0.179. The van der Waals surface area contributed by atoms with Gasteiger partial charge in [-0.25, -0.2) is 4.98 Å². The number of ketones is 1. The van der Waals surface area contributed by atoms with Crippen LogP contribution in [0, 0.1) is 6.92 Å². The van der Waals surface area contributed by atoms with Gasteiger partial charge in [0.2, 0.25) is 5.95 Å². The van der Waals surface area contributed by atoms with Gasteiger partial charge >= 0.3 is 5.91 Å². The number of H-pyrrole nitrogens is 1. The highest BCUT2D eigenvalue weighted by Gasteiger charge is 2.48. The van der Waals surface area contributed by atoms with Crippen LogP contribution in [0.15, 0.2) is 54.1 Å². The molecule has 1 amide bonds. The fourth-order valence-corrected chi connectivity index (χ4v) is 5.07. The van der Waals surface area contributed by atoms with Gasteiger partial charge in [0.25, 0.3) is 5.78 Å². The van der Waals surface area contributed by atoms with Crippen LogP contribution in [0.1, 0.15) is 22.7 Å². The summed E-state index contributed by atoms with van der Waals surface area (Å²) in [6, 6.07) is 12.6. The van der Waals surface area contributed by atoms with Gasteiger partial charge in [-0.3, -0.25) is 14.5 Å². The van der Waals surface area contributed by atoms with Crippen LogP contribution < -0.4 is 23.8 Å². The van der Waals surface area contributed by atoms with Crippen molar-refractivity contribution in [1.29, 1.82) is 0 Å². The summed E-state index contributed by atoms with van der Waals surface area (Å²) in [5, 5.41) is 11.9. The highest BCUT2D eigenvalue weighted by Crippen LogP contribution is 2.45. The van der Waals surface area contributed by atoms with Crippen molar-refractivity contribution >= 4 is 46.0 Å². The molecule has 1 unspecified atom stereocenters. The number of Topliss-reactive ketones (excluding diaryl/α,β-unsaturated/α-hetero) is 1. The lowest BCUT2D eigenvalue weighted by Gasteiger charge is -2.23. The summed E-state index contributed by atoms with van der Waals surface area (Å²) >= 11 is 6.26. The van der Waals surface area contributed by atoms with Crippen LogP contribution in [0.2, 0.25) is 5.02 Å². The van der Waals surface area contributed by atoms with Gasteiger partial charge in [0, 0.05) is 18.2 Å². The fraction of sp³-hybridized carbons (Fsp3) is 0.207. The number of hydrogen-bond acceptors (Lipinski definition) is 8. The first-order chi connectivity index (χ1) is 19.2. The molecule has 0 saturated carbocycles. The van der Waals surface area contributed by atoms with E-state index >= 15 is 0 Å². The molecular weight excluding hydrogens is 538 g/mol. The largest absolute Gasteiger partial charge is 0.507 e. The molecular formula is C29H26ClN3O7. The number of benzene rings is 3. The molecule has 1 atom stereocenters. The first-order valence-corrected chi connectivity index (χ1v) is 12.5. The summed E-state index contributed by atoms with van der Waals surface area (Å²) in [6.45, 7) is 1.89. The summed E-state index contributed by atoms with van der Waals surface area (Å²) in [7, 11) is 5.85. The van der Waals surface area contributed by atoms with E-state index in [-0.39, 0.29) is 33.6 Å². The average Bonchev–Trinajstić information content (AvgIpc) is 3.48. The molecule has 1 aliphatic heterocycles. The molecule has 206 valence electrons. The zero-order valence-corrected chi connectivity index (χ0v) is 23.1. The highest BCUT2D eigenvalue weighted by molar-refractivity contribution is 6.51. The van der Waals surface area contributed by atoms with Crippen molar-refractivity contribution in [3.63, 3.8) is 0 Å². The number of aliphatic hydroxyl groups excluding tert-OH is 1. The SMILES string of the molecule is COc1cc(/C(O)=C2\C(=O)C(=O)N(c3nc4cc(OC)c(OC)cc4[nH]3)C2c2cccc(C)c2)c(OC)cc1Cl. The van der Waals surface area contributed by atoms with E-state index in [1.165, 1.54) is 45.5 Å². The number of aryl methyl sites for hydroxylation is 1. The number of halogens is 1. The average molecular weight is 564 g/mol. The maximum atomic E-state index is 13.6. The number of anilines is 1. The molecule has 0 radical (unpaired) electrons. The molecule has 11 heteroatoms. The van der Waals surface area contributed by atoms with Gasteiger partial charge in [-0.2, -0.15) is 0 Å². The van der Waals surface area contributed by atoms with Crippen LogP contribution in [0.3, 0.4) is 0 Å². The number of carbonyl (C=O) groups is 2. The van der Waals surface area contributed by atoms with Gasteiger partial charge in [0.1, 0.15) is 17.3 Å². The smallest absolute Gasteiger partial charge is 0.302 e. The zero-order chi connectivity index (χ0) is 28.7. The van der Waals surface area contributed by atoms with Gasteiger partial charge in [-0.05, 0) is 18.6 Å². The number of nitrogens with one attached hydrogen (secondary N) is 1. The number of carbonyl (C=O) groups excluding carboxylic acids is 2. The predicted octanol–water partition coefficient (Wildman–Crippen LogP) is 5.19. The lowest BCUT2D eigenvalue weighted by Crippen LogP contribution is -2.30. The van der Waals surface area contributed by atoms with E-state index in [1.54, 1.807) is 18.2 Å². The summed E-state index contributed by atoms with van der Waals surface area (Å²) in [5.41, 5.74) is 2.53. The molecule has 5 rings (SSSR count). The number of ether oxygens (including phenoxy) is 4. The minimum absolute atomic E-state index is 0.110. The third-order valence-electron chi connectivity index (χ3n) is 6.73. The maximum Gasteiger partial charge on any atom is 0.302 e. The Morgan fingerprint density at radius 2 is 1.60 bits per heavy atom. The second-order valence-electron chi connectivity index (χ2n) is 9.06. The summed E-state index contributed by atoms with van der Waals surface area (Å²) in [6.07, 6.45) is 0. The van der Waals surface area contributed by atoms with Crippen molar-refractivity contribution in [2.45, 2.75) is 13.0 Å². The van der Waals surface area contributed by atoms with E-state index in [0.717, 1.165) is 5.56 Å². The topological polar surface area (TPSA) is 123 Å². The van der Waals surface area contributed by atoms with E-state index in [2.05, 4.69) is 9.97 Å². The van der Waals surface area contributed by atoms with E-state index < -0.39 is 23.5 Å². The van der Waals surface area contributed by atoms with Crippen molar-refractivity contribution in [2.24, 2.45) is 0 Å². The highest BCUT2D eigenvalue weighted by atomic mass is 35.5. The van der Waals surface area contributed by atoms with Crippen LogP contribution >= 0.6 is 11.6 Å². The number of aromatic nitrogens is 2.